The molecule has 6 rings (SSSR count). The number of tetrazole rings is 1. The van der Waals surface area contributed by atoms with E-state index in [4.69, 9.17) is 9.47 Å². The number of pyridine rings is 1. The Hall–Kier alpha value is -3.72. The van der Waals surface area contributed by atoms with Crippen LogP contribution < -0.4 is 15.0 Å². The maximum Gasteiger partial charge on any atom is 0.253 e. The monoisotopic (exact) mass is 430 g/mol. The molecule has 0 radical (unpaired) electrons. The van der Waals surface area contributed by atoms with Crippen LogP contribution >= 0.6 is 0 Å². The second-order valence-electron chi connectivity index (χ2n) is 8.17. The molecule has 9 nitrogen and oxygen atoms in total. The van der Waals surface area contributed by atoms with E-state index >= 15 is 0 Å². The van der Waals surface area contributed by atoms with E-state index < -0.39 is 0 Å². The van der Waals surface area contributed by atoms with Crippen LogP contribution in [-0.2, 0) is 6.54 Å². The number of hydrogen-bond donors (Lipinski definition) is 1. The Kier molecular flexibility index (Phi) is 4.61. The fraction of sp³-hybridized carbons (Fsp3) is 0.304. The van der Waals surface area contributed by atoms with Gasteiger partial charge in [0.05, 0.1) is 12.1 Å². The molecule has 9 heteroatoms. The summed E-state index contributed by atoms with van der Waals surface area (Å²) < 4.78 is 12.8. The summed E-state index contributed by atoms with van der Waals surface area (Å²) in [6, 6.07) is 15.4. The number of H-pyrrole nitrogens is 1. The summed E-state index contributed by atoms with van der Waals surface area (Å²) in [6.07, 6.45) is 2.17. The minimum absolute atomic E-state index is 0.150. The highest BCUT2D eigenvalue weighted by atomic mass is 16.7. The molecule has 1 saturated heterocycles. The first kappa shape index (κ1) is 19.0. The molecule has 4 heterocycles. The molecule has 1 fully saturated rings. The van der Waals surface area contributed by atoms with Crippen molar-refractivity contribution >= 4 is 10.9 Å². The Bertz CT molecular complexity index is 1330. The lowest BCUT2D eigenvalue weighted by Crippen LogP contribution is -2.33. The van der Waals surface area contributed by atoms with E-state index in [1.807, 2.05) is 48.5 Å². The largest absolute Gasteiger partial charge is 0.454 e. The van der Waals surface area contributed by atoms with Crippen molar-refractivity contribution in [1.82, 2.24) is 30.1 Å². The Labute approximate surface area is 183 Å². The molecule has 1 atom stereocenters. The van der Waals surface area contributed by atoms with Gasteiger partial charge in [0, 0.05) is 17.0 Å². The number of benzene rings is 2. The molecular weight excluding hydrogens is 408 g/mol. The molecule has 1 N–H and O–H groups in total. The van der Waals surface area contributed by atoms with Crippen molar-refractivity contribution < 1.29 is 9.47 Å². The Morgan fingerprint density at radius 2 is 1.81 bits per heavy atom. The van der Waals surface area contributed by atoms with Crippen LogP contribution in [0.1, 0.15) is 35.8 Å². The Balaban J connectivity index is 1.47. The van der Waals surface area contributed by atoms with Crippen LogP contribution in [0.25, 0.3) is 10.9 Å². The molecule has 32 heavy (non-hydrogen) atoms. The first-order valence-corrected chi connectivity index (χ1v) is 10.8. The third-order valence-electron chi connectivity index (χ3n) is 6.15. The average Bonchev–Trinajstić information content (AvgIpc) is 3.57. The zero-order valence-corrected chi connectivity index (χ0v) is 17.4. The van der Waals surface area contributed by atoms with E-state index in [0.717, 1.165) is 36.9 Å². The summed E-state index contributed by atoms with van der Waals surface area (Å²) in [5.41, 5.74) is 2.29. The first-order valence-electron chi connectivity index (χ1n) is 10.8. The quantitative estimate of drug-likeness (QED) is 0.519. The number of hydrogen-bond acceptors (Lipinski definition) is 7. The van der Waals surface area contributed by atoms with Crippen molar-refractivity contribution in [2.24, 2.45) is 0 Å². The van der Waals surface area contributed by atoms with Crippen molar-refractivity contribution in [1.29, 1.82) is 0 Å². The zero-order chi connectivity index (χ0) is 21.5. The molecule has 0 spiro atoms. The SMILES string of the molecule is O=c1[nH]c2cc3c(cc2cc1[C@@H](c1nnnn1Cc1ccccc1)N1CCCC1)OCO3. The van der Waals surface area contributed by atoms with E-state index in [0.29, 0.717) is 34.9 Å². The number of fused-ring (bicyclic) bond motifs is 2. The van der Waals surface area contributed by atoms with Gasteiger partial charge in [-0.15, -0.1) is 5.10 Å². The van der Waals surface area contributed by atoms with E-state index in [-0.39, 0.29) is 18.4 Å². The van der Waals surface area contributed by atoms with Crippen molar-refractivity contribution in [3.63, 3.8) is 0 Å². The van der Waals surface area contributed by atoms with Gasteiger partial charge in [-0.1, -0.05) is 30.3 Å². The van der Waals surface area contributed by atoms with Crippen molar-refractivity contribution in [3.8, 4) is 11.5 Å². The number of aromatic amines is 1. The highest BCUT2D eigenvalue weighted by Crippen LogP contribution is 2.36. The first-order chi connectivity index (χ1) is 15.8. The topological polar surface area (TPSA) is 98.2 Å². The summed E-state index contributed by atoms with van der Waals surface area (Å²) >= 11 is 0. The summed E-state index contributed by atoms with van der Waals surface area (Å²) in [4.78, 5) is 18.6. The van der Waals surface area contributed by atoms with Crippen LogP contribution in [0, 0.1) is 0 Å². The predicted molar refractivity (Wildman–Crippen MR) is 117 cm³/mol. The minimum atomic E-state index is -0.338. The van der Waals surface area contributed by atoms with Crippen LogP contribution in [0.15, 0.2) is 53.3 Å². The number of nitrogens with one attached hydrogen (secondary N) is 1. The number of likely N-dealkylation sites (tertiary alicyclic amines) is 1. The lowest BCUT2D eigenvalue weighted by atomic mass is 10.0. The second kappa shape index (κ2) is 7.76. The van der Waals surface area contributed by atoms with Gasteiger partial charge in [-0.2, -0.15) is 0 Å². The minimum Gasteiger partial charge on any atom is -0.454 e. The highest BCUT2D eigenvalue weighted by molar-refractivity contribution is 5.83. The van der Waals surface area contributed by atoms with Gasteiger partial charge in [0.15, 0.2) is 17.3 Å². The summed E-state index contributed by atoms with van der Waals surface area (Å²) in [6.45, 7) is 2.51. The lowest BCUT2D eigenvalue weighted by molar-refractivity contribution is 0.174. The van der Waals surface area contributed by atoms with Gasteiger partial charge in [0.25, 0.3) is 5.56 Å². The number of ether oxygens (including phenoxy) is 2. The van der Waals surface area contributed by atoms with Crippen LogP contribution in [0.2, 0.25) is 0 Å². The Morgan fingerprint density at radius 3 is 2.62 bits per heavy atom. The third-order valence-corrected chi connectivity index (χ3v) is 6.15. The average molecular weight is 430 g/mol. The molecule has 0 aliphatic carbocycles. The molecule has 0 amide bonds. The molecule has 0 bridgehead atoms. The number of nitrogens with zero attached hydrogens (tertiary/aromatic N) is 5. The molecule has 2 aromatic carbocycles. The normalized spacial score (nSPS) is 16.6. The zero-order valence-electron chi connectivity index (χ0n) is 17.4. The smallest absolute Gasteiger partial charge is 0.253 e. The van der Waals surface area contributed by atoms with Gasteiger partial charge in [-0.05, 0) is 54.1 Å². The van der Waals surface area contributed by atoms with Crippen LogP contribution in [0.3, 0.4) is 0 Å². The maximum absolute atomic E-state index is 13.3. The van der Waals surface area contributed by atoms with Crippen LogP contribution in [0.5, 0.6) is 11.5 Å². The molecule has 0 saturated carbocycles. The number of rotatable bonds is 5. The second-order valence-corrected chi connectivity index (χ2v) is 8.17. The van der Waals surface area contributed by atoms with Crippen molar-refractivity contribution in [2.75, 3.05) is 19.9 Å². The third kappa shape index (κ3) is 3.31. The highest BCUT2D eigenvalue weighted by Gasteiger charge is 2.32. The molecule has 2 aliphatic heterocycles. The van der Waals surface area contributed by atoms with Crippen LogP contribution in [-0.4, -0.2) is 50.0 Å². The molecule has 162 valence electrons. The fourth-order valence-corrected chi connectivity index (χ4v) is 4.59. The van der Waals surface area contributed by atoms with Crippen molar-refractivity contribution in [3.05, 3.63) is 75.8 Å². The van der Waals surface area contributed by atoms with E-state index in [2.05, 4.69) is 25.4 Å². The fourth-order valence-electron chi connectivity index (χ4n) is 4.59. The van der Waals surface area contributed by atoms with Crippen LogP contribution in [0.4, 0.5) is 0 Å². The number of aromatic nitrogens is 5. The predicted octanol–water partition coefficient (Wildman–Crippen LogP) is 2.48. The van der Waals surface area contributed by atoms with Gasteiger partial charge in [-0.25, -0.2) is 4.68 Å². The van der Waals surface area contributed by atoms with E-state index in [1.165, 1.54) is 0 Å². The van der Waals surface area contributed by atoms with Gasteiger partial charge in [0.2, 0.25) is 6.79 Å². The molecular formula is C23H22N6O3. The van der Waals surface area contributed by atoms with Gasteiger partial charge in [0.1, 0.15) is 6.04 Å². The van der Waals surface area contributed by atoms with E-state index in [9.17, 15) is 4.79 Å². The standard InChI is InChI=1S/C23H22N6O3/c30-23-17(10-16-11-19-20(32-14-31-19)12-18(16)24-23)21(28-8-4-5-9-28)22-25-26-27-29(22)13-15-6-2-1-3-7-15/h1-3,6-7,10-12,21H,4-5,8-9,13-14H2,(H,24,30)/t21-/m0/s1. The summed E-state index contributed by atoms with van der Waals surface area (Å²) in [7, 11) is 0. The molecule has 2 aromatic heterocycles. The maximum atomic E-state index is 13.3. The summed E-state index contributed by atoms with van der Waals surface area (Å²) in [5.74, 6) is 1.99. The Morgan fingerprint density at radius 1 is 1.03 bits per heavy atom. The molecule has 2 aliphatic rings. The van der Waals surface area contributed by atoms with Gasteiger partial charge < -0.3 is 14.5 Å². The van der Waals surface area contributed by atoms with Crippen molar-refractivity contribution in [2.45, 2.75) is 25.4 Å². The molecule has 0 unspecified atom stereocenters. The lowest BCUT2D eigenvalue weighted by Gasteiger charge is -2.26. The van der Waals surface area contributed by atoms with Gasteiger partial charge in [-0.3, -0.25) is 9.69 Å². The molecule has 4 aromatic rings. The summed E-state index contributed by atoms with van der Waals surface area (Å²) in [5, 5.41) is 13.5. The van der Waals surface area contributed by atoms with Gasteiger partial charge >= 0.3 is 0 Å². The van der Waals surface area contributed by atoms with E-state index in [1.54, 1.807) is 4.68 Å².